The molecule has 0 atom stereocenters. The predicted molar refractivity (Wildman–Crippen MR) is 68.2 cm³/mol. The van der Waals surface area contributed by atoms with E-state index in [-0.39, 0.29) is 18.5 Å². The number of carbonyl (C=O) groups is 1. The van der Waals surface area contributed by atoms with E-state index in [0.29, 0.717) is 5.02 Å². The Morgan fingerprint density at radius 1 is 1.47 bits per heavy atom. The van der Waals surface area contributed by atoms with E-state index in [0.717, 1.165) is 16.5 Å². The number of aromatic amines is 1. The Morgan fingerprint density at radius 3 is 2.94 bits per heavy atom. The lowest BCUT2D eigenvalue weighted by Gasteiger charge is -2.06. The monoisotopic (exact) mass is 251 g/mol. The summed E-state index contributed by atoms with van der Waals surface area (Å²) in [4.78, 5) is 14.7. The van der Waals surface area contributed by atoms with E-state index in [4.69, 9.17) is 16.3 Å². The van der Waals surface area contributed by atoms with Crippen LogP contribution in [0.25, 0.3) is 10.9 Å². The molecule has 2 aromatic rings. The summed E-state index contributed by atoms with van der Waals surface area (Å²) in [7, 11) is 0. The van der Waals surface area contributed by atoms with Gasteiger partial charge in [0.05, 0.1) is 12.5 Å². The Morgan fingerprint density at radius 2 is 2.24 bits per heavy atom. The highest BCUT2D eigenvalue weighted by molar-refractivity contribution is 6.31. The second-order valence-corrected chi connectivity index (χ2v) is 4.66. The van der Waals surface area contributed by atoms with E-state index in [1.165, 1.54) is 0 Å². The Bertz CT molecular complexity index is 545. The van der Waals surface area contributed by atoms with Crippen LogP contribution < -0.4 is 0 Å². The predicted octanol–water partition coefficient (Wildman–Crippen LogP) is 3.32. The molecule has 0 spiro atoms. The number of aromatic nitrogens is 1. The molecule has 90 valence electrons. The Hall–Kier alpha value is -1.48. The maximum Gasteiger partial charge on any atom is 0.310 e. The lowest BCUT2D eigenvalue weighted by molar-refractivity contribution is -0.146. The molecule has 2 rings (SSSR count). The molecule has 0 radical (unpaired) electrons. The number of ether oxygens (including phenoxy) is 1. The minimum atomic E-state index is -0.212. The first kappa shape index (κ1) is 12.0. The fourth-order valence-electron chi connectivity index (χ4n) is 1.76. The number of benzene rings is 1. The zero-order valence-electron chi connectivity index (χ0n) is 9.79. The molecule has 0 aliphatic carbocycles. The molecule has 0 saturated heterocycles. The van der Waals surface area contributed by atoms with Crippen molar-refractivity contribution in [1.82, 2.24) is 4.98 Å². The SMILES string of the molecule is CC(C)OC(=O)Cc1c[nH]c2cc(Cl)ccc12. The highest BCUT2D eigenvalue weighted by Gasteiger charge is 2.11. The van der Waals surface area contributed by atoms with Gasteiger partial charge in [-0.1, -0.05) is 17.7 Å². The number of rotatable bonds is 3. The average Bonchev–Trinajstić information content (AvgIpc) is 2.59. The van der Waals surface area contributed by atoms with Crippen LogP contribution in [0.2, 0.25) is 5.02 Å². The highest BCUT2D eigenvalue weighted by atomic mass is 35.5. The van der Waals surface area contributed by atoms with Crippen molar-refractivity contribution >= 4 is 28.5 Å². The summed E-state index contributed by atoms with van der Waals surface area (Å²) >= 11 is 5.89. The lowest BCUT2D eigenvalue weighted by atomic mass is 10.1. The maximum atomic E-state index is 11.6. The minimum absolute atomic E-state index is 0.0813. The van der Waals surface area contributed by atoms with Crippen LogP contribution in [0.3, 0.4) is 0 Å². The molecule has 1 N–H and O–H groups in total. The van der Waals surface area contributed by atoms with Crippen LogP contribution >= 0.6 is 11.6 Å². The third-order valence-electron chi connectivity index (χ3n) is 2.43. The van der Waals surface area contributed by atoms with Gasteiger partial charge in [-0.25, -0.2) is 0 Å². The summed E-state index contributed by atoms with van der Waals surface area (Å²) in [5.41, 5.74) is 1.87. The molecule has 0 bridgehead atoms. The fourth-order valence-corrected chi connectivity index (χ4v) is 1.94. The normalized spacial score (nSPS) is 11.1. The van der Waals surface area contributed by atoms with Crippen molar-refractivity contribution in [3.8, 4) is 0 Å². The largest absolute Gasteiger partial charge is 0.463 e. The zero-order chi connectivity index (χ0) is 12.4. The second-order valence-electron chi connectivity index (χ2n) is 4.22. The molecule has 1 heterocycles. The van der Waals surface area contributed by atoms with Gasteiger partial charge in [-0.2, -0.15) is 0 Å². The summed E-state index contributed by atoms with van der Waals surface area (Å²) in [6.07, 6.45) is 2.02. The lowest BCUT2D eigenvalue weighted by Crippen LogP contribution is -2.13. The van der Waals surface area contributed by atoms with Gasteiger partial charge in [0.2, 0.25) is 0 Å². The molecule has 17 heavy (non-hydrogen) atoms. The van der Waals surface area contributed by atoms with Crippen molar-refractivity contribution in [3.63, 3.8) is 0 Å². The number of nitrogens with one attached hydrogen (secondary N) is 1. The standard InChI is InChI=1S/C13H14ClNO2/c1-8(2)17-13(16)5-9-7-15-12-6-10(14)3-4-11(9)12/h3-4,6-8,15H,5H2,1-2H3. The number of hydrogen-bond donors (Lipinski definition) is 1. The summed E-state index contributed by atoms with van der Waals surface area (Å²) in [5, 5.41) is 1.69. The van der Waals surface area contributed by atoms with Crippen LogP contribution in [0.1, 0.15) is 19.4 Å². The van der Waals surface area contributed by atoms with E-state index < -0.39 is 0 Å². The molecular formula is C13H14ClNO2. The molecule has 1 aromatic carbocycles. The van der Waals surface area contributed by atoms with Crippen LogP contribution in [0.15, 0.2) is 24.4 Å². The van der Waals surface area contributed by atoms with Gasteiger partial charge in [0.25, 0.3) is 0 Å². The maximum absolute atomic E-state index is 11.6. The van der Waals surface area contributed by atoms with E-state index in [1.807, 2.05) is 38.2 Å². The Kier molecular flexibility index (Phi) is 3.38. The van der Waals surface area contributed by atoms with Gasteiger partial charge in [0.1, 0.15) is 0 Å². The fraction of sp³-hybridized carbons (Fsp3) is 0.308. The molecule has 3 nitrogen and oxygen atoms in total. The Labute approximate surface area is 105 Å². The number of H-pyrrole nitrogens is 1. The molecule has 4 heteroatoms. The summed E-state index contributed by atoms with van der Waals surface area (Å²) in [5.74, 6) is -0.212. The first-order chi connectivity index (χ1) is 8.06. The number of halogens is 1. The molecule has 1 aromatic heterocycles. The number of fused-ring (bicyclic) bond motifs is 1. The Balaban J connectivity index is 2.22. The topological polar surface area (TPSA) is 42.1 Å². The average molecular weight is 252 g/mol. The summed E-state index contributed by atoms with van der Waals surface area (Å²) in [6.45, 7) is 3.68. The molecule has 0 aliphatic heterocycles. The third-order valence-corrected chi connectivity index (χ3v) is 2.67. The van der Waals surface area contributed by atoms with Crippen molar-refractivity contribution in [3.05, 3.63) is 35.0 Å². The molecule has 0 aliphatic rings. The first-order valence-electron chi connectivity index (χ1n) is 5.51. The minimum Gasteiger partial charge on any atom is -0.463 e. The van der Waals surface area contributed by atoms with Gasteiger partial charge >= 0.3 is 5.97 Å². The molecule has 0 amide bonds. The van der Waals surface area contributed by atoms with Gasteiger partial charge in [0, 0.05) is 22.1 Å². The van der Waals surface area contributed by atoms with E-state index in [2.05, 4.69) is 4.98 Å². The van der Waals surface area contributed by atoms with Crippen LogP contribution in [-0.4, -0.2) is 17.1 Å². The van der Waals surface area contributed by atoms with Crippen molar-refractivity contribution in [2.24, 2.45) is 0 Å². The first-order valence-corrected chi connectivity index (χ1v) is 5.89. The van der Waals surface area contributed by atoms with E-state index >= 15 is 0 Å². The van der Waals surface area contributed by atoms with Crippen molar-refractivity contribution in [2.45, 2.75) is 26.4 Å². The van der Waals surface area contributed by atoms with Crippen LogP contribution in [0.4, 0.5) is 0 Å². The van der Waals surface area contributed by atoms with Gasteiger partial charge < -0.3 is 9.72 Å². The molecule has 0 unspecified atom stereocenters. The van der Waals surface area contributed by atoms with Crippen LogP contribution in [-0.2, 0) is 16.0 Å². The number of hydrogen-bond acceptors (Lipinski definition) is 2. The van der Waals surface area contributed by atoms with Crippen molar-refractivity contribution in [2.75, 3.05) is 0 Å². The van der Waals surface area contributed by atoms with Gasteiger partial charge in [0.15, 0.2) is 0 Å². The van der Waals surface area contributed by atoms with E-state index in [9.17, 15) is 4.79 Å². The third kappa shape index (κ3) is 2.80. The number of carbonyl (C=O) groups excluding carboxylic acids is 1. The van der Waals surface area contributed by atoms with Gasteiger partial charge in [-0.05, 0) is 31.5 Å². The van der Waals surface area contributed by atoms with Crippen molar-refractivity contribution < 1.29 is 9.53 Å². The highest BCUT2D eigenvalue weighted by Crippen LogP contribution is 2.22. The van der Waals surface area contributed by atoms with Crippen LogP contribution in [0, 0.1) is 0 Å². The molecular weight excluding hydrogens is 238 g/mol. The quantitative estimate of drug-likeness (QED) is 0.851. The number of esters is 1. The van der Waals surface area contributed by atoms with Gasteiger partial charge in [-0.15, -0.1) is 0 Å². The zero-order valence-corrected chi connectivity index (χ0v) is 10.5. The molecule has 0 fully saturated rings. The molecule has 0 saturated carbocycles. The van der Waals surface area contributed by atoms with Gasteiger partial charge in [-0.3, -0.25) is 4.79 Å². The summed E-state index contributed by atoms with van der Waals surface area (Å²) < 4.78 is 5.12. The van der Waals surface area contributed by atoms with Crippen LogP contribution in [0.5, 0.6) is 0 Å². The second kappa shape index (κ2) is 4.80. The van der Waals surface area contributed by atoms with E-state index in [1.54, 1.807) is 0 Å². The summed E-state index contributed by atoms with van der Waals surface area (Å²) in [6, 6.07) is 5.56. The van der Waals surface area contributed by atoms with Crippen molar-refractivity contribution in [1.29, 1.82) is 0 Å². The smallest absolute Gasteiger partial charge is 0.310 e.